The molecule has 3 heterocycles. The normalized spacial score (nSPS) is 15.2. The molecule has 0 bridgehead atoms. The second kappa shape index (κ2) is 12.6. The van der Waals surface area contributed by atoms with Crippen molar-refractivity contribution >= 4 is 28.5 Å². The van der Waals surface area contributed by atoms with Crippen LogP contribution in [0.5, 0.6) is 0 Å². The Balaban J connectivity index is 0.000000500. The first-order valence-corrected chi connectivity index (χ1v) is 13.8. The van der Waals surface area contributed by atoms with Crippen molar-refractivity contribution < 1.29 is 22.8 Å². The van der Waals surface area contributed by atoms with Crippen LogP contribution in [0, 0.1) is 17.5 Å². The molecule has 2 aliphatic rings. The third-order valence-corrected chi connectivity index (χ3v) is 7.37. The highest BCUT2D eigenvalue weighted by molar-refractivity contribution is 6.09. The van der Waals surface area contributed by atoms with Crippen molar-refractivity contribution in [3.05, 3.63) is 94.3 Å². The molecule has 1 aromatic heterocycles. The van der Waals surface area contributed by atoms with Crippen LogP contribution in [-0.2, 0) is 6.42 Å². The Morgan fingerprint density at radius 1 is 0.854 bits per heavy atom. The Morgan fingerprint density at radius 2 is 1.54 bits per heavy atom. The number of fused-ring (bicyclic) bond motifs is 1. The predicted octanol–water partition coefficient (Wildman–Crippen LogP) is 5.77. The van der Waals surface area contributed by atoms with Crippen LogP contribution in [0.2, 0.25) is 0 Å². The van der Waals surface area contributed by atoms with Gasteiger partial charge >= 0.3 is 0 Å². The minimum absolute atomic E-state index is 0.174. The van der Waals surface area contributed by atoms with Gasteiger partial charge in [0.1, 0.15) is 17.5 Å². The number of H-pyrrole nitrogens is 1. The first kappa shape index (κ1) is 28.4. The van der Waals surface area contributed by atoms with Crippen molar-refractivity contribution in [3.8, 4) is 0 Å². The molecule has 7 nitrogen and oxygen atoms in total. The minimum Gasteiger partial charge on any atom is -0.339 e. The van der Waals surface area contributed by atoms with Crippen LogP contribution >= 0.6 is 0 Å². The van der Waals surface area contributed by atoms with E-state index in [1.807, 2.05) is 0 Å². The van der Waals surface area contributed by atoms with Crippen LogP contribution in [0.15, 0.2) is 54.6 Å². The Hall–Kier alpha value is -4.18. The third kappa shape index (κ3) is 6.94. The Labute approximate surface area is 236 Å². The number of hydrogen-bond donors (Lipinski definition) is 2. The summed E-state index contributed by atoms with van der Waals surface area (Å²) in [6.07, 6.45) is 4.93. The smallest absolute Gasteiger partial charge is 0.259 e. The number of nitrogens with one attached hydrogen (secondary N) is 2. The van der Waals surface area contributed by atoms with Crippen molar-refractivity contribution in [3.63, 3.8) is 0 Å². The summed E-state index contributed by atoms with van der Waals surface area (Å²) in [6, 6.07) is 12.3. The number of nitrogens with zero attached hydrogens (tertiary/aromatic N) is 3. The second-order valence-corrected chi connectivity index (χ2v) is 10.6. The lowest BCUT2D eigenvalue weighted by atomic mass is 10.0. The van der Waals surface area contributed by atoms with Gasteiger partial charge in [-0.05, 0) is 106 Å². The van der Waals surface area contributed by atoms with Gasteiger partial charge in [0.15, 0.2) is 5.82 Å². The van der Waals surface area contributed by atoms with E-state index >= 15 is 0 Å². The summed E-state index contributed by atoms with van der Waals surface area (Å²) >= 11 is 0. The van der Waals surface area contributed by atoms with Crippen molar-refractivity contribution in [2.75, 3.05) is 38.5 Å². The van der Waals surface area contributed by atoms with E-state index in [0.29, 0.717) is 29.6 Å². The van der Waals surface area contributed by atoms with Gasteiger partial charge in [-0.15, -0.1) is 0 Å². The average molecular weight is 564 g/mol. The molecule has 2 saturated heterocycles. The third-order valence-electron chi connectivity index (χ3n) is 7.37. The van der Waals surface area contributed by atoms with Gasteiger partial charge in [-0.2, -0.15) is 5.10 Å². The molecule has 0 spiro atoms. The molecule has 0 aliphatic carbocycles. The summed E-state index contributed by atoms with van der Waals surface area (Å²) in [5.74, 6) is -2.89. The highest BCUT2D eigenvalue weighted by Gasteiger charge is 2.22. The maximum Gasteiger partial charge on any atom is 0.259 e. The molecule has 3 aromatic carbocycles. The van der Waals surface area contributed by atoms with E-state index in [2.05, 4.69) is 27.5 Å². The number of carbonyl (C=O) groups excluding carboxylic acids is 2. The molecule has 2 aliphatic heterocycles. The van der Waals surface area contributed by atoms with E-state index in [9.17, 15) is 22.8 Å². The van der Waals surface area contributed by atoms with Crippen molar-refractivity contribution in [1.82, 2.24) is 20.0 Å². The number of carbonyl (C=O) groups is 2. The quantitative estimate of drug-likeness (QED) is 0.323. The lowest BCUT2D eigenvalue weighted by Gasteiger charge is -2.15. The first-order chi connectivity index (χ1) is 19.8. The fourth-order valence-corrected chi connectivity index (χ4v) is 5.20. The molecule has 0 radical (unpaired) electrons. The molecule has 0 atom stereocenters. The maximum absolute atomic E-state index is 14.5. The van der Waals surface area contributed by atoms with E-state index < -0.39 is 23.4 Å². The Kier molecular flexibility index (Phi) is 8.68. The number of aromatic nitrogens is 2. The first-order valence-electron chi connectivity index (χ1n) is 13.8. The van der Waals surface area contributed by atoms with Crippen LogP contribution in [0.25, 0.3) is 10.9 Å². The van der Waals surface area contributed by atoms with Gasteiger partial charge in [0.05, 0.1) is 11.1 Å². The molecule has 2 fully saturated rings. The van der Waals surface area contributed by atoms with Gasteiger partial charge in [0.25, 0.3) is 11.8 Å². The predicted molar refractivity (Wildman–Crippen MR) is 151 cm³/mol. The molecule has 2 N–H and O–H groups in total. The van der Waals surface area contributed by atoms with Gasteiger partial charge < -0.3 is 15.1 Å². The van der Waals surface area contributed by atoms with E-state index in [4.69, 9.17) is 0 Å². The fourth-order valence-electron chi connectivity index (χ4n) is 5.20. The highest BCUT2D eigenvalue weighted by Crippen LogP contribution is 2.25. The van der Waals surface area contributed by atoms with Gasteiger partial charge in [-0.3, -0.25) is 14.7 Å². The summed E-state index contributed by atoms with van der Waals surface area (Å²) in [7, 11) is 2.17. The zero-order valence-corrected chi connectivity index (χ0v) is 22.9. The van der Waals surface area contributed by atoms with Crippen molar-refractivity contribution in [1.29, 1.82) is 0 Å². The Bertz CT molecular complexity index is 1540. The SMILES string of the molecule is CN1CCCC1.O=C(Nc1n[nH]c2ccc(Cc3cc(F)cc(F)c3)cc12)c1cc(C(=O)N2CCCC2)ccc1F. The molecule has 10 heteroatoms. The number of hydrogen-bond acceptors (Lipinski definition) is 4. The molecule has 0 saturated carbocycles. The molecule has 6 rings (SSSR count). The van der Waals surface area contributed by atoms with Crippen LogP contribution in [-0.4, -0.2) is 65.0 Å². The molecular formula is C31H32F3N5O2. The van der Waals surface area contributed by atoms with Crippen LogP contribution in [0.1, 0.15) is 57.5 Å². The molecule has 2 amide bonds. The number of amides is 2. The molecule has 0 unspecified atom stereocenters. The molecular weight excluding hydrogens is 531 g/mol. The van der Waals surface area contributed by atoms with Crippen molar-refractivity contribution in [2.24, 2.45) is 0 Å². The van der Waals surface area contributed by atoms with Crippen LogP contribution in [0.4, 0.5) is 19.0 Å². The molecule has 41 heavy (non-hydrogen) atoms. The van der Waals surface area contributed by atoms with Gasteiger partial charge in [0.2, 0.25) is 0 Å². The van der Waals surface area contributed by atoms with Gasteiger partial charge in [-0.25, -0.2) is 13.2 Å². The maximum atomic E-state index is 14.5. The standard InChI is InChI=1S/C26H21F3N4O2.C5H11N/c27-18-10-16(11-19(28)14-18)9-15-3-6-23-21(12-15)24(32-31-23)30-25(34)20-13-17(4-5-22(20)29)26(35)33-7-1-2-8-33;1-6-4-2-3-5-6/h3-6,10-14H,1-2,7-9H2,(H2,30,31,32,34);2-5H2,1H3. The summed E-state index contributed by atoms with van der Waals surface area (Å²) in [5.41, 5.74) is 1.79. The zero-order valence-electron chi connectivity index (χ0n) is 22.9. The van der Waals surface area contributed by atoms with E-state index in [-0.39, 0.29) is 29.3 Å². The lowest BCUT2D eigenvalue weighted by molar-refractivity contribution is 0.0792. The number of likely N-dealkylation sites (tertiary alicyclic amines) is 2. The number of rotatable bonds is 5. The molecule has 4 aromatic rings. The zero-order chi connectivity index (χ0) is 28.9. The number of aromatic amines is 1. The van der Waals surface area contributed by atoms with E-state index in [1.54, 1.807) is 23.1 Å². The van der Waals surface area contributed by atoms with E-state index in [0.717, 1.165) is 30.5 Å². The van der Waals surface area contributed by atoms with Gasteiger partial charge in [0, 0.05) is 30.1 Å². The minimum atomic E-state index is -0.755. The van der Waals surface area contributed by atoms with Crippen LogP contribution in [0.3, 0.4) is 0 Å². The number of anilines is 1. The monoisotopic (exact) mass is 563 g/mol. The number of benzene rings is 3. The summed E-state index contributed by atoms with van der Waals surface area (Å²) in [6.45, 7) is 3.92. The fraction of sp³-hybridized carbons (Fsp3) is 0.323. The lowest BCUT2D eigenvalue weighted by Crippen LogP contribution is -2.28. The topological polar surface area (TPSA) is 81.3 Å². The molecule has 214 valence electrons. The summed E-state index contributed by atoms with van der Waals surface area (Å²) in [5, 5.41) is 10.1. The second-order valence-electron chi connectivity index (χ2n) is 10.6. The Morgan fingerprint density at radius 3 is 2.20 bits per heavy atom. The average Bonchev–Trinajstić information content (AvgIpc) is 3.72. The van der Waals surface area contributed by atoms with Crippen molar-refractivity contribution in [2.45, 2.75) is 32.1 Å². The summed E-state index contributed by atoms with van der Waals surface area (Å²) < 4.78 is 41.6. The van der Waals surface area contributed by atoms with Crippen LogP contribution < -0.4 is 5.32 Å². The van der Waals surface area contributed by atoms with Gasteiger partial charge in [-0.1, -0.05) is 6.07 Å². The van der Waals surface area contributed by atoms with E-state index in [1.165, 1.54) is 50.2 Å². The number of halogens is 3. The summed E-state index contributed by atoms with van der Waals surface area (Å²) in [4.78, 5) is 29.6. The highest BCUT2D eigenvalue weighted by atomic mass is 19.1. The largest absolute Gasteiger partial charge is 0.339 e.